The molecule has 1 aromatic carbocycles. The van der Waals surface area contributed by atoms with Crippen LogP contribution in [-0.4, -0.2) is 11.0 Å². The molecule has 0 unspecified atom stereocenters. The second-order valence-corrected chi connectivity index (χ2v) is 3.84. The highest BCUT2D eigenvalue weighted by atomic mass is 35.5. The molecule has 0 N–H and O–H groups in total. The van der Waals surface area contributed by atoms with Crippen LogP contribution in [0.3, 0.4) is 0 Å². The van der Waals surface area contributed by atoms with E-state index < -0.39 is 4.92 Å². The maximum atomic E-state index is 10.8. The molecule has 0 heterocycles. The highest BCUT2D eigenvalue weighted by Gasteiger charge is 2.22. The zero-order valence-corrected chi connectivity index (χ0v) is 9.54. The van der Waals surface area contributed by atoms with Gasteiger partial charge in [0.2, 0.25) is 0 Å². The van der Waals surface area contributed by atoms with Crippen molar-refractivity contribution in [3.8, 4) is 5.75 Å². The molecule has 4 nitrogen and oxygen atoms in total. The van der Waals surface area contributed by atoms with Crippen LogP contribution in [0.15, 0.2) is 12.1 Å². The van der Waals surface area contributed by atoms with Gasteiger partial charge in [-0.05, 0) is 32.4 Å². The Morgan fingerprint density at radius 3 is 2.53 bits per heavy atom. The van der Waals surface area contributed by atoms with Crippen molar-refractivity contribution in [3.63, 3.8) is 0 Å². The zero-order chi connectivity index (χ0) is 11.6. The minimum Gasteiger partial charge on any atom is -0.484 e. The van der Waals surface area contributed by atoms with Gasteiger partial charge in [-0.2, -0.15) is 0 Å². The Labute approximate surface area is 93.0 Å². The van der Waals surface area contributed by atoms with Crippen molar-refractivity contribution >= 4 is 17.3 Å². The predicted molar refractivity (Wildman–Crippen MR) is 58.6 cm³/mol. The summed E-state index contributed by atoms with van der Waals surface area (Å²) in [6.07, 6.45) is -0.123. The molecule has 0 aliphatic rings. The van der Waals surface area contributed by atoms with Gasteiger partial charge < -0.3 is 4.74 Å². The molecule has 0 aliphatic heterocycles. The largest absolute Gasteiger partial charge is 0.484 e. The van der Waals surface area contributed by atoms with Crippen molar-refractivity contribution in [1.29, 1.82) is 0 Å². The fraction of sp³-hybridized carbons (Fsp3) is 0.400. The van der Waals surface area contributed by atoms with Gasteiger partial charge in [0.1, 0.15) is 5.02 Å². The molecule has 82 valence electrons. The van der Waals surface area contributed by atoms with Crippen LogP contribution in [0.1, 0.15) is 19.4 Å². The van der Waals surface area contributed by atoms with Crippen molar-refractivity contribution < 1.29 is 9.66 Å². The molecule has 0 aliphatic carbocycles. The van der Waals surface area contributed by atoms with E-state index in [0.717, 1.165) is 0 Å². The van der Waals surface area contributed by atoms with Crippen molar-refractivity contribution in [2.24, 2.45) is 0 Å². The minimum atomic E-state index is -0.521. The van der Waals surface area contributed by atoms with Crippen LogP contribution < -0.4 is 4.74 Å². The van der Waals surface area contributed by atoms with E-state index in [1.807, 2.05) is 0 Å². The number of benzene rings is 1. The lowest BCUT2D eigenvalue weighted by Gasteiger charge is -2.11. The third-order valence-electron chi connectivity index (χ3n) is 1.82. The number of ether oxygens (including phenoxy) is 1. The van der Waals surface area contributed by atoms with E-state index >= 15 is 0 Å². The van der Waals surface area contributed by atoms with Gasteiger partial charge in [-0.1, -0.05) is 17.7 Å². The van der Waals surface area contributed by atoms with Crippen LogP contribution in [0.25, 0.3) is 0 Å². The summed E-state index contributed by atoms with van der Waals surface area (Å²) in [4.78, 5) is 10.3. The fourth-order valence-electron chi connectivity index (χ4n) is 1.17. The van der Waals surface area contributed by atoms with E-state index in [0.29, 0.717) is 5.56 Å². The van der Waals surface area contributed by atoms with Crippen LogP contribution >= 0.6 is 11.6 Å². The van der Waals surface area contributed by atoms with E-state index in [4.69, 9.17) is 16.3 Å². The Bertz CT molecular complexity index is 390. The second kappa shape index (κ2) is 4.49. The molecule has 5 heteroatoms. The number of nitrogens with zero attached hydrogens (tertiary/aromatic N) is 1. The third-order valence-corrected chi connectivity index (χ3v) is 2.29. The summed E-state index contributed by atoms with van der Waals surface area (Å²) < 4.78 is 5.32. The number of aryl methyl sites for hydroxylation is 1. The van der Waals surface area contributed by atoms with E-state index in [9.17, 15) is 10.1 Å². The molecule has 0 saturated carbocycles. The predicted octanol–water partition coefficient (Wildman–Crippen LogP) is 3.34. The third kappa shape index (κ3) is 2.59. The Morgan fingerprint density at radius 2 is 2.07 bits per heavy atom. The summed E-state index contributed by atoms with van der Waals surface area (Å²) in [5.41, 5.74) is 0.504. The molecule has 0 atom stereocenters. The average molecular weight is 230 g/mol. The molecular formula is C10H12ClNO3. The first kappa shape index (κ1) is 11.8. The Balaban J connectivity index is 3.27. The van der Waals surface area contributed by atoms with Gasteiger partial charge in [-0.15, -0.1) is 0 Å². The monoisotopic (exact) mass is 229 g/mol. The van der Waals surface area contributed by atoms with Crippen LogP contribution in [0, 0.1) is 17.0 Å². The van der Waals surface area contributed by atoms with E-state index in [1.54, 1.807) is 32.9 Å². The lowest BCUT2D eigenvalue weighted by Crippen LogP contribution is -2.07. The maximum absolute atomic E-state index is 10.8. The first-order valence-corrected chi connectivity index (χ1v) is 4.91. The molecule has 0 aromatic heterocycles. The molecule has 0 amide bonds. The summed E-state index contributed by atoms with van der Waals surface area (Å²) in [6, 6.07) is 3.27. The van der Waals surface area contributed by atoms with Gasteiger partial charge in [0.15, 0.2) is 5.75 Å². The first-order valence-electron chi connectivity index (χ1n) is 4.53. The Hall–Kier alpha value is -1.29. The van der Waals surface area contributed by atoms with Gasteiger partial charge in [0.25, 0.3) is 0 Å². The summed E-state index contributed by atoms with van der Waals surface area (Å²) >= 11 is 5.86. The topological polar surface area (TPSA) is 52.4 Å². The average Bonchev–Trinajstić information content (AvgIpc) is 2.10. The van der Waals surface area contributed by atoms with E-state index in [1.165, 1.54) is 0 Å². The van der Waals surface area contributed by atoms with Gasteiger partial charge in [0.05, 0.1) is 11.0 Å². The van der Waals surface area contributed by atoms with Crippen LogP contribution in [0.5, 0.6) is 5.75 Å². The summed E-state index contributed by atoms with van der Waals surface area (Å²) in [6.45, 7) is 5.32. The minimum absolute atomic E-state index is 0.123. The molecule has 0 bridgehead atoms. The molecule has 1 aromatic rings. The maximum Gasteiger partial charge on any atom is 0.329 e. The number of nitro groups is 1. The van der Waals surface area contributed by atoms with Gasteiger partial charge in [-0.25, -0.2) is 0 Å². The fourth-order valence-corrected chi connectivity index (χ4v) is 1.39. The second-order valence-electron chi connectivity index (χ2n) is 3.47. The zero-order valence-electron chi connectivity index (χ0n) is 8.78. The number of halogens is 1. The molecule has 0 spiro atoms. The summed E-state index contributed by atoms with van der Waals surface area (Å²) in [5.74, 6) is 0.214. The summed E-state index contributed by atoms with van der Waals surface area (Å²) in [5, 5.41) is 11.0. The van der Waals surface area contributed by atoms with E-state index in [2.05, 4.69) is 0 Å². The molecule has 1 rings (SSSR count). The smallest absolute Gasteiger partial charge is 0.329 e. The van der Waals surface area contributed by atoms with Crippen LogP contribution in [-0.2, 0) is 0 Å². The molecule has 0 fully saturated rings. The van der Waals surface area contributed by atoms with Crippen LogP contribution in [0.4, 0.5) is 5.69 Å². The molecule has 0 saturated heterocycles. The quantitative estimate of drug-likeness (QED) is 0.590. The number of nitro benzene ring substituents is 1. The van der Waals surface area contributed by atoms with Crippen molar-refractivity contribution in [2.75, 3.05) is 0 Å². The highest BCUT2D eigenvalue weighted by molar-refractivity contribution is 6.33. The number of hydrogen-bond donors (Lipinski definition) is 0. The highest BCUT2D eigenvalue weighted by Crippen LogP contribution is 2.37. The number of rotatable bonds is 3. The first-order chi connectivity index (χ1) is 6.93. The van der Waals surface area contributed by atoms with Crippen molar-refractivity contribution in [3.05, 3.63) is 32.8 Å². The lowest BCUT2D eigenvalue weighted by atomic mass is 10.2. The van der Waals surface area contributed by atoms with Crippen molar-refractivity contribution in [1.82, 2.24) is 0 Å². The normalized spacial score (nSPS) is 10.5. The van der Waals surface area contributed by atoms with Gasteiger partial charge in [-0.3, -0.25) is 10.1 Å². The summed E-state index contributed by atoms with van der Waals surface area (Å²) in [7, 11) is 0. The molecular weight excluding hydrogens is 218 g/mol. The van der Waals surface area contributed by atoms with Gasteiger partial charge in [0, 0.05) is 0 Å². The molecule has 0 radical (unpaired) electrons. The Kier molecular flexibility index (Phi) is 3.52. The van der Waals surface area contributed by atoms with E-state index in [-0.39, 0.29) is 22.6 Å². The molecule has 15 heavy (non-hydrogen) atoms. The standard InChI is InChI=1S/C10H12ClNO3/c1-6(2)15-8-5-4-7(3)9(11)10(8)12(13)14/h4-6H,1-3H3. The number of hydrogen-bond acceptors (Lipinski definition) is 3. The van der Waals surface area contributed by atoms with Crippen LogP contribution in [0.2, 0.25) is 5.02 Å². The lowest BCUT2D eigenvalue weighted by molar-refractivity contribution is -0.385. The van der Waals surface area contributed by atoms with Gasteiger partial charge >= 0.3 is 5.69 Å². The van der Waals surface area contributed by atoms with Crippen molar-refractivity contribution in [2.45, 2.75) is 26.9 Å². The Morgan fingerprint density at radius 1 is 1.47 bits per heavy atom. The SMILES string of the molecule is Cc1ccc(OC(C)C)c([N+](=O)[O-])c1Cl.